The van der Waals surface area contributed by atoms with Gasteiger partial charge in [-0.2, -0.15) is 0 Å². The average Bonchev–Trinajstić information content (AvgIpc) is 3.19. The summed E-state index contributed by atoms with van der Waals surface area (Å²) in [5, 5.41) is 9.78. The number of furan rings is 1. The number of aromatic nitrogens is 1. The van der Waals surface area contributed by atoms with Crippen LogP contribution < -0.4 is 10.6 Å². The molecule has 0 atom stereocenters. The van der Waals surface area contributed by atoms with Crippen molar-refractivity contribution >= 4 is 34.4 Å². The molecule has 1 aromatic carbocycles. The minimum absolute atomic E-state index is 0.563. The van der Waals surface area contributed by atoms with E-state index < -0.39 is 0 Å². The molecule has 2 N–H and O–H groups in total. The van der Waals surface area contributed by atoms with E-state index in [1.165, 1.54) is 0 Å². The Labute approximate surface area is 131 Å². The Morgan fingerprint density at radius 2 is 2.10 bits per heavy atom. The van der Waals surface area contributed by atoms with Crippen LogP contribution in [0.4, 0.5) is 5.69 Å². The third-order valence-electron chi connectivity index (χ3n) is 2.83. The average molecular weight is 315 g/mol. The third-order valence-corrected chi connectivity index (χ3v) is 3.89. The summed E-state index contributed by atoms with van der Waals surface area (Å²) < 4.78 is 5.24. The van der Waals surface area contributed by atoms with E-state index in [0.29, 0.717) is 11.7 Å². The molecule has 106 valence electrons. The molecule has 0 saturated carbocycles. The van der Waals surface area contributed by atoms with Crippen LogP contribution >= 0.6 is 23.6 Å². The molecule has 0 radical (unpaired) electrons. The predicted molar refractivity (Wildman–Crippen MR) is 89.3 cm³/mol. The molecule has 4 nitrogen and oxygen atoms in total. The number of rotatable bonds is 4. The smallest absolute Gasteiger partial charge is 0.171 e. The van der Waals surface area contributed by atoms with Gasteiger partial charge in [0.25, 0.3) is 0 Å². The number of anilines is 1. The minimum Gasteiger partial charge on any atom is -0.467 e. The van der Waals surface area contributed by atoms with Gasteiger partial charge in [-0.15, -0.1) is 11.3 Å². The molecule has 0 amide bonds. The van der Waals surface area contributed by atoms with Gasteiger partial charge in [0.2, 0.25) is 0 Å². The quantitative estimate of drug-likeness (QED) is 0.715. The number of thiazole rings is 1. The van der Waals surface area contributed by atoms with Crippen LogP contribution in [0.1, 0.15) is 5.76 Å². The topological polar surface area (TPSA) is 50.1 Å². The monoisotopic (exact) mass is 315 g/mol. The van der Waals surface area contributed by atoms with Crippen molar-refractivity contribution < 1.29 is 4.42 Å². The Kier molecular flexibility index (Phi) is 4.28. The zero-order chi connectivity index (χ0) is 14.5. The summed E-state index contributed by atoms with van der Waals surface area (Å²) in [4.78, 5) is 4.28. The summed E-state index contributed by atoms with van der Waals surface area (Å²) in [6.45, 7) is 0.566. The first-order chi connectivity index (χ1) is 10.3. The molecule has 0 bridgehead atoms. The Hall–Kier alpha value is -2.18. The second kappa shape index (κ2) is 6.51. The molecule has 0 unspecified atom stereocenters. The van der Waals surface area contributed by atoms with Crippen molar-refractivity contribution in [2.45, 2.75) is 6.54 Å². The summed E-state index contributed by atoms with van der Waals surface area (Å²) in [6.07, 6.45) is 3.45. The lowest BCUT2D eigenvalue weighted by Crippen LogP contribution is -2.27. The highest BCUT2D eigenvalue weighted by atomic mass is 32.1. The number of hydrogen-bond acceptors (Lipinski definition) is 4. The lowest BCUT2D eigenvalue weighted by atomic mass is 10.2. The van der Waals surface area contributed by atoms with Crippen molar-refractivity contribution in [3.8, 4) is 10.6 Å². The van der Waals surface area contributed by atoms with Crippen LogP contribution in [0.15, 0.2) is 58.7 Å². The predicted octanol–water partition coefficient (Wildman–Crippen LogP) is 3.89. The van der Waals surface area contributed by atoms with E-state index in [0.717, 1.165) is 22.0 Å². The van der Waals surface area contributed by atoms with Gasteiger partial charge in [0, 0.05) is 22.8 Å². The first kappa shape index (κ1) is 13.8. The van der Waals surface area contributed by atoms with Crippen molar-refractivity contribution in [2.24, 2.45) is 0 Å². The Balaban J connectivity index is 1.56. The molecule has 3 aromatic rings. The molecule has 6 heteroatoms. The van der Waals surface area contributed by atoms with Crippen LogP contribution in [0.3, 0.4) is 0 Å². The standard InChI is InChI=1S/C15H13N3OS2/c20-15(17-10-13-2-1-8-19-13)18-12-5-3-11(4-6-12)14-16-7-9-21-14/h1-9H,10H2,(H2,17,18,20). The second-order valence-corrected chi connectivity index (χ2v) is 5.60. The molecule has 0 fully saturated rings. The Morgan fingerprint density at radius 3 is 2.76 bits per heavy atom. The number of thiocarbonyl (C=S) groups is 1. The number of nitrogens with one attached hydrogen (secondary N) is 2. The summed E-state index contributed by atoms with van der Waals surface area (Å²) >= 11 is 6.87. The minimum atomic E-state index is 0.563. The molecule has 0 spiro atoms. The van der Waals surface area contributed by atoms with Gasteiger partial charge in [-0.3, -0.25) is 0 Å². The normalized spacial score (nSPS) is 10.3. The van der Waals surface area contributed by atoms with Crippen LogP contribution in [0.25, 0.3) is 10.6 Å². The van der Waals surface area contributed by atoms with Gasteiger partial charge in [0.1, 0.15) is 10.8 Å². The zero-order valence-corrected chi connectivity index (χ0v) is 12.7. The van der Waals surface area contributed by atoms with Crippen LogP contribution in [0, 0.1) is 0 Å². The van der Waals surface area contributed by atoms with E-state index in [-0.39, 0.29) is 0 Å². The molecule has 0 aliphatic heterocycles. The van der Waals surface area contributed by atoms with Gasteiger partial charge in [0.05, 0.1) is 12.8 Å². The van der Waals surface area contributed by atoms with E-state index in [9.17, 15) is 0 Å². The SMILES string of the molecule is S=C(NCc1ccco1)Nc1ccc(-c2nccs2)cc1. The number of nitrogens with zero attached hydrogens (tertiary/aromatic N) is 1. The fourth-order valence-electron chi connectivity index (χ4n) is 1.82. The van der Waals surface area contributed by atoms with E-state index in [1.54, 1.807) is 23.8 Å². The van der Waals surface area contributed by atoms with E-state index in [4.69, 9.17) is 16.6 Å². The van der Waals surface area contributed by atoms with Crippen LogP contribution in [-0.4, -0.2) is 10.1 Å². The van der Waals surface area contributed by atoms with Gasteiger partial charge < -0.3 is 15.1 Å². The number of hydrogen-bond donors (Lipinski definition) is 2. The van der Waals surface area contributed by atoms with Crippen LogP contribution in [-0.2, 0) is 6.54 Å². The lowest BCUT2D eigenvalue weighted by Gasteiger charge is -2.09. The molecule has 21 heavy (non-hydrogen) atoms. The Morgan fingerprint density at radius 1 is 1.24 bits per heavy atom. The summed E-state index contributed by atoms with van der Waals surface area (Å²) in [6, 6.07) is 11.8. The van der Waals surface area contributed by atoms with Gasteiger partial charge in [-0.05, 0) is 48.6 Å². The fraction of sp³-hybridized carbons (Fsp3) is 0.0667. The second-order valence-electron chi connectivity index (χ2n) is 4.30. The maximum Gasteiger partial charge on any atom is 0.171 e. The molecular formula is C15H13N3OS2. The molecule has 0 saturated heterocycles. The van der Waals surface area contributed by atoms with Crippen molar-refractivity contribution in [3.05, 3.63) is 60.0 Å². The van der Waals surface area contributed by atoms with Gasteiger partial charge in [-0.25, -0.2) is 4.98 Å². The maximum atomic E-state index is 5.25. The molecule has 0 aliphatic rings. The van der Waals surface area contributed by atoms with Crippen molar-refractivity contribution in [1.29, 1.82) is 0 Å². The van der Waals surface area contributed by atoms with E-state index in [2.05, 4.69) is 15.6 Å². The first-order valence-electron chi connectivity index (χ1n) is 6.38. The van der Waals surface area contributed by atoms with E-state index >= 15 is 0 Å². The third kappa shape index (κ3) is 3.68. The molecule has 2 heterocycles. The fourth-order valence-corrected chi connectivity index (χ4v) is 2.65. The Bertz CT molecular complexity index is 691. The lowest BCUT2D eigenvalue weighted by molar-refractivity contribution is 0.503. The number of benzene rings is 1. The maximum absolute atomic E-state index is 5.25. The summed E-state index contributed by atoms with van der Waals surface area (Å²) in [5.74, 6) is 0.846. The molecule has 0 aliphatic carbocycles. The summed E-state index contributed by atoms with van der Waals surface area (Å²) in [7, 11) is 0. The summed E-state index contributed by atoms with van der Waals surface area (Å²) in [5.41, 5.74) is 2.04. The van der Waals surface area contributed by atoms with Gasteiger partial charge in [-0.1, -0.05) is 0 Å². The highest BCUT2D eigenvalue weighted by molar-refractivity contribution is 7.80. The highest BCUT2D eigenvalue weighted by Gasteiger charge is 2.02. The van der Waals surface area contributed by atoms with Crippen molar-refractivity contribution in [2.75, 3.05) is 5.32 Å². The van der Waals surface area contributed by atoms with Crippen LogP contribution in [0.5, 0.6) is 0 Å². The van der Waals surface area contributed by atoms with Crippen molar-refractivity contribution in [1.82, 2.24) is 10.3 Å². The van der Waals surface area contributed by atoms with Crippen LogP contribution in [0.2, 0.25) is 0 Å². The van der Waals surface area contributed by atoms with Gasteiger partial charge >= 0.3 is 0 Å². The zero-order valence-electron chi connectivity index (χ0n) is 11.1. The molecular weight excluding hydrogens is 302 g/mol. The largest absolute Gasteiger partial charge is 0.467 e. The first-order valence-corrected chi connectivity index (χ1v) is 7.67. The molecule has 2 aromatic heterocycles. The highest BCUT2D eigenvalue weighted by Crippen LogP contribution is 2.23. The molecule has 3 rings (SSSR count). The van der Waals surface area contributed by atoms with Gasteiger partial charge in [0.15, 0.2) is 5.11 Å². The van der Waals surface area contributed by atoms with E-state index in [1.807, 2.05) is 41.8 Å². The van der Waals surface area contributed by atoms with Crippen molar-refractivity contribution in [3.63, 3.8) is 0 Å².